The Kier molecular flexibility index (Phi) is 6.43. The van der Waals surface area contributed by atoms with Gasteiger partial charge in [-0.15, -0.1) is 0 Å². The zero-order chi connectivity index (χ0) is 20.2. The number of benzene rings is 1. The van der Waals surface area contributed by atoms with Crippen LogP contribution in [0.25, 0.3) is 0 Å². The maximum Gasteiger partial charge on any atom is 0.237 e. The van der Waals surface area contributed by atoms with Crippen LogP contribution in [0.1, 0.15) is 24.0 Å². The van der Waals surface area contributed by atoms with Gasteiger partial charge in [-0.25, -0.2) is 4.39 Å². The number of ether oxygens (including phenoxy) is 1. The van der Waals surface area contributed by atoms with Crippen molar-refractivity contribution in [2.45, 2.75) is 32.0 Å². The zero-order valence-electron chi connectivity index (χ0n) is 16.3. The maximum absolute atomic E-state index is 14.3. The molecule has 2 fully saturated rings. The van der Waals surface area contributed by atoms with Crippen LogP contribution >= 0.6 is 11.6 Å². The van der Waals surface area contributed by atoms with Crippen molar-refractivity contribution in [3.05, 3.63) is 64.7 Å². The molecule has 1 aromatic heterocycles. The molecular weight excluding hydrogens is 393 g/mol. The summed E-state index contributed by atoms with van der Waals surface area (Å²) in [6, 6.07) is 8.49. The van der Waals surface area contributed by atoms with E-state index in [1.807, 2.05) is 21.9 Å². The lowest BCUT2D eigenvalue weighted by atomic mass is 10.2. The van der Waals surface area contributed by atoms with Crippen LogP contribution in [0.2, 0.25) is 5.02 Å². The first-order valence-electron chi connectivity index (χ1n) is 10.0. The third-order valence-corrected chi connectivity index (χ3v) is 5.76. The van der Waals surface area contributed by atoms with Gasteiger partial charge in [-0.3, -0.25) is 14.7 Å². The standard InChI is InChI=1S/C22H25ClFN3O2/c23-20-4-1-5-21(24)19(20)13-26-11-18(29-15-16-6-7-16)12-27(22(28)14-26)10-17-3-2-8-25-9-17/h1-5,8-9,16,18H,6-7,10-15H2/t18-/m1/s1. The molecule has 1 aliphatic carbocycles. The van der Waals surface area contributed by atoms with Gasteiger partial charge < -0.3 is 9.64 Å². The van der Waals surface area contributed by atoms with Crippen molar-refractivity contribution in [3.8, 4) is 0 Å². The predicted octanol–water partition coefficient (Wildman–Crippen LogP) is 3.51. The molecule has 154 valence electrons. The van der Waals surface area contributed by atoms with Crippen LogP contribution in [0.3, 0.4) is 0 Å². The van der Waals surface area contributed by atoms with Crippen LogP contribution in [0.5, 0.6) is 0 Å². The highest BCUT2D eigenvalue weighted by atomic mass is 35.5. The molecule has 1 saturated carbocycles. The van der Waals surface area contributed by atoms with Crippen LogP contribution in [0, 0.1) is 11.7 Å². The molecule has 1 atom stereocenters. The van der Waals surface area contributed by atoms with Crippen molar-refractivity contribution in [2.24, 2.45) is 5.92 Å². The van der Waals surface area contributed by atoms with Crippen LogP contribution in [0.15, 0.2) is 42.7 Å². The van der Waals surface area contributed by atoms with Crippen molar-refractivity contribution >= 4 is 17.5 Å². The number of aromatic nitrogens is 1. The molecule has 5 nitrogen and oxygen atoms in total. The van der Waals surface area contributed by atoms with E-state index in [1.165, 1.54) is 18.9 Å². The molecule has 1 amide bonds. The van der Waals surface area contributed by atoms with E-state index in [2.05, 4.69) is 4.98 Å². The van der Waals surface area contributed by atoms with E-state index in [1.54, 1.807) is 24.5 Å². The summed E-state index contributed by atoms with van der Waals surface area (Å²) in [5.74, 6) is 0.283. The number of halogens is 2. The van der Waals surface area contributed by atoms with Gasteiger partial charge in [-0.05, 0) is 42.5 Å². The average molecular weight is 418 g/mol. The fourth-order valence-electron chi connectivity index (χ4n) is 3.60. The summed E-state index contributed by atoms with van der Waals surface area (Å²) in [7, 11) is 0. The molecule has 1 aromatic carbocycles. The van der Waals surface area contributed by atoms with E-state index >= 15 is 0 Å². The van der Waals surface area contributed by atoms with Crippen LogP contribution in [-0.4, -0.2) is 53.0 Å². The van der Waals surface area contributed by atoms with Gasteiger partial charge in [0.15, 0.2) is 0 Å². The minimum Gasteiger partial charge on any atom is -0.375 e. The number of amides is 1. The largest absolute Gasteiger partial charge is 0.375 e. The first-order chi connectivity index (χ1) is 14.1. The normalized spacial score (nSPS) is 20.7. The number of rotatable bonds is 7. The number of pyridine rings is 1. The van der Waals surface area contributed by atoms with E-state index in [0.717, 1.165) is 5.56 Å². The van der Waals surface area contributed by atoms with Gasteiger partial charge in [0.1, 0.15) is 5.82 Å². The third kappa shape index (κ3) is 5.53. The molecule has 0 unspecified atom stereocenters. The third-order valence-electron chi connectivity index (χ3n) is 5.40. The van der Waals surface area contributed by atoms with E-state index in [4.69, 9.17) is 16.3 Å². The second kappa shape index (κ2) is 9.20. The van der Waals surface area contributed by atoms with Crippen LogP contribution in [-0.2, 0) is 22.6 Å². The molecule has 29 heavy (non-hydrogen) atoms. The van der Waals surface area contributed by atoms with E-state index in [-0.39, 0.29) is 30.9 Å². The van der Waals surface area contributed by atoms with Gasteiger partial charge in [0.2, 0.25) is 5.91 Å². The van der Waals surface area contributed by atoms with Gasteiger partial charge in [0, 0.05) is 55.8 Å². The van der Waals surface area contributed by atoms with Crippen molar-refractivity contribution < 1.29 is 13.9 Å². The lowest BCUT2D eigenvalue weighted by Gasteiger charge is -2.25. The van der Waals surface area contributed by atoms with E-state index in [9.17, 15) is 9.18 Å². The van der Waals surface area contributed by atoms with Crippen molar-refractivity contribution in [2.75, 3.05) is 26.2 Å². The van der Waals surface area contributed by atoms with Crippen LogP contribution < -0.4 is 0 Å². The minimum absolute atomic E-state index is 0.00108. The SMILES string of the molecule is O=C1CN(Cc2c(F)cccc2Cl)C[C@@H](OCC2CC2)CN1Cc1cccnc1. The van der Waals surface area contributed by atoms with Crippen molar-refractivity contribution in [1.82, 2.24) is 14.8 Å². The van der Waals surface area contributed by atoms with Gasteiger partial charge in [0.05, 0.1) is 12.6 Å². The molecule has 0 bridgehead atoms. The van der Waals surface area contributed by atoms with E-state index < -0.39 is 0 Å². The quantitative estimate of drug-likeness (QED) is 0.691. The second-order valence-electron chi connectivity index (χ2n) is 7.90. The lowest BCUT2D eigenvalue weighted by molar-refractivity contribution is -0.132. The molecule has 0 N–H and O–H groups in total. The van der Waals surface area contributed by atoms with Crippen molar-refractivity contribution in [1.29, 1.82) is 0 Å². The molecular formula is C22H25ClFN3O2. The topological polar surface area (TPSA) is 45.7 Å². The Morgan fingerprint density at radius 2 is 2.03 bits per heavy atom. The van der Waals surface area contributed by atoms with E-state index in [0.29, 0.717) is 42.7 Å². The zero-order valence-corrected chi connectivity index (χ0v) is 17.0. The van der Waals surface area contributed by atoms with Gasteiger partial charge in [-0.2, -0.15) is 0 Å². The van der Waals surface area contributed by atoms with Gasteiger partial charge in [-0.1, -0.05) is 23.7 Å². The lowest BCUT2D eigenvalue weighted by Crippen LogP contribution is -2.37. The summed E-state index contributed by atoms with van der Waals surface area (Å²) in [5.41, 5.74) is 1.40. The highest BCUT2D eigenvalue weighted by molar-refractivity contribution is 6.31. The molecule has 4 rings (SSSR count). The number of carbonyl (C=O) groups excluding carboxylic acids is 1. The smallest absolute Gasteiger partial charge is 0.237 e. The fourth-order valence-corrected chi connectivity index (χ4v) is 3.83. The maximum atomic E-state index is 14.3. The summed E-state index contributed by atoms with van der Waals surface area (Å²) in [4.78, 5) is 20.9. The second-order valence-corrected chi connectivity index (χ2v) is 8.31. The monoisotopic (exact) mass is 417 g/mol. The highest BCUT2D eigenvalue weighted by Gasteiger charge is 2.31. The molecule has 7 heteroatoms. The number of hydrogen-bond donors (Lipinski definition) is 0. The summed E-state index contributed by atoms with van der Waals surface area (Å²) >= 11 is 6.21. The minimum atomic E-state index is -0.350. The molecule has 1 aliphatic heterocycles. The Morgan fingerprint density at radius 1 is 1.17 bits per heavy atom. The first kappa shape index (κ1) is 20.3. The Bertz CT molecular complexity index is 827. The Labute approximate surface area is 175 Å². The molecule has 1 saturated heterocycles. The molecule has 2 heterocycles. The summed E-state index contributed by atoms with van der Waals surface area (Å²) < 4.78 is 20.4. The first-order valence-corrected chi connectivity index (χ1v) is 10.4. The number of hydrogen-bond acceptors (Lipinski definition) is 4. The fraction of sp³-hybridized carbons (Fsp3) is 0.455. The molecule has 0 radical (unpaired) electrons. The molecule has 2 aliphatic rings. The molecule has 2 aromatic rings. The Hall–Kier alpha value is -2.02. The summed E-state index contributed by atoms with van der Waals surface area (Å²) in [5, 5.41) is 0.379. The van der Waals surface area contributed by atoms with Gasteiger partial charge in [0.25, 0.3) is 0 Å². The summed E-state index contributed by atoms with van der Waals surface area (Å²) in [6.45, 7) is 2.77. The Morgan fingerprint density at radius 3 is 2.76 bits per heavy atom. The number of carbonyl (C=O) groups is 1. The van der Waals surface area contributed by atoms with Gasteiger partial charge >= 0.3 is 0 Å². The highest BCUT2D eigenvalue weighted by Crippen LogP contribution is 2.30. The Balaban J connectivity index is 1.50. The summed E-state index contributed by atoms with van der Waals surface area (Å²) in [6.07, 6.45) is 5.79. The number of nitrogens with zero attached hydrogens (tertiary/aromatic N) is 3. The predicted molar refractivity (Wildman–Crippen MR) is 109 cm³/mol. The molecule has 0 spiro atoms. The van der Waals surface area contributed by atoms with Crippen LogP contribution in [0.4, 0.5) is 4.39 Å². The average Bonchev–Trinajstić information content (AvgIpc) is 3.54. The van der Waals surface area contributed by atoms with Crippen molar-refractivity contribution in [3.63, 3.8) is 0 Å².